The molecular weight excluding hydrogens is 521 g/mol. The molecule has 34 heavy (non-hydrogen) atoms. The van der Waals surface area contributed by atoms with Crippen LogP contribution in [0.2, 0.25) is 5.02 Å². The van der Waals surface area contributed by atoms with E-state index in [9.17, 15) is 9.36 Å². The number of aromatic amines is 1. The van der Waals surface area contributed by atoms with E-state index in [1.807, 2.05) is 13.0 Å². The third-order valence-electron chi connectivity index (χ3n) is 4.69. The second-order valence-electron chi connectivity index (χ2n) is 7.79. The highest BCUT2D eigenvalue weighted by Crippen LogP contribution is 2.47. The van der Waals surface area contributed by atoms with Crippen LogP contribution in [0.4, 0.5) is 5.82 Å². The maximum atomic E-state index is 12.4. The fourth-order valence-corrected chi connectivity index (χ4v) is 5.54. The Bertz CT molecular complexity index is 1200. The van der Waals surface area contributed by atoms with Crippen LogP contribution in [0.15, 0.2) is 28.3 Å². The highest BCUT2D eigenvalue weighted by atomic mass is 35.5. The number of phosphoric acid groups is 1. The first-order valence-corrected chi connectivity index (χ1v) is 14.0. The summed E-state index contributed by atoms with van der Waals surface area (Å²) >= 11 is 8.37. The lowest BCUT2D eigenvalue weighted by molar-refractivity contribution is 0.144. The molecular formula is C20H27ClN5O5PS2. The van der Waals surface area contributed by atoms with Gasteiger partial charge in [-0.25, -0.2) is 14.5 Å². The molecule has 2 N–H and O–H groups in total. The zero-order valence-electron chi connectivity index (χ0n) is 19.4. The van der Waals surface area contributed by atoms with Crippen molar-refractivity contribution in [3.8, 4) is 0 Å². The van der Waals surface area contributed by atoms with E-state index >= 15 is 0 Å². The molecule has 0 saturated heterocycles. The average molecular weight is 548 g/mol. The number of nitrogens with zero attached hydrogens (tertiary/aromatic N) is 3. The van der Waals surface area contributed by atoms with E-state index in [-0.39, 0.29) is 22.8 Å². The number of aromatic nitrogens is 4. The van der Waals surface area contributed by atoms with Crippen LogP contribution >= 0.6 is 42.5 Å². The first kappa shape index (κ1) is 27.1. The largest absolute Gasteiger partial charge is 0.474 e. The summed E-state index contributed by atoms with van der Waals surface area (Å²) in [6.45, 7) is 6.16. The van der Waals surface area contributed by atoms with Crippen molar-refractivity contribution in [2.24, 2.45) is 5.92 Å². The molecule has 2 unspecified atom stereocenters. The number of halogens is 1. The number of thiazole rings is 1. The number of H-pyrrole nitrogens is 1. The van der Waals surface area contributed by atoms with Crippen LogP contribution in [-0.2, 0) is 18.1 Å². The Morgan fingerprint density at radius 1 is 1.24 bits per heavy atom. The molecule has 0 fully saturated rings. The second kappa shape index (κ2) is 11.9. The van der Waals surface area contributed by atoms with Gasteiger partial charge in [0.05, 0.1) is 28.6 Å². The Labute approximate surface area is 210 Å². The number of pyridine rings is 1. The van der Waals surface area contributed by atoms with E-state index in [1.54, 1.807) is 12.3 Å². The number of rotatable bonds is 12. The van der Waals surface area contributed by atoms with Gasteiger partial charge < -0.3 is 5.32 Å². The Balaban J connectivity index is 1.88. The number of anilines is 1. The van der Waals surface area contributed by atoms with E-state index in [1.165, 1.54) is 26.0 Å². The fraction of sp³-hybridized carbons (Fsp3) is 0.500. The molecule has 0 aliphatic carbocycles. The summed E-state index contributed by atoms with van der Waals surface area (Å²) < 4.78 is 28.2. The van der Waals surface area contributed by atoms with Gasteiger partial charge in [0.2, 0.25) is 0 Å². The van der Waals surface area contributed by atoms with Gasteiger partial charge in [-0.15, -0.1) is 0 Å². The predicted molar refractivity (Wildman–Crippen MR) is 136 cm³/mol. The van der Waals surface area contributed by atoms with Gasteiger partial charge in [-0.3, -0.25) is 28.3 Å². The van der Waals surface area contributed by atoms with Crippen LogP contribution in [0.1, 0.15) is 38.1 Å². The minimum absolute atomic E-state index is 0.0511. The van der Waals surface area contributed by atoms with Crippen LogP contribution in [0.25, 0.3) is 10.3 Å². The van der Waals surface area contributed by atoms with Crippen molar-refractivity contribution in [1.29, 1.82) is 0 Å². The van der Waals surface area contributed by atoms with E-state index in [4.69, 9.17) is 25.2 Å². The number of fused-ring (bicyclic) bond motifs is 1. The van der Waals surface area contributed by atoms with Gasteiger partial charge in [0, 0.05) is 20.4 Å². The Kier molecular flexibility index (Phi) is 9.50. The normalized spacial score (nSPS) is 14.0. The summed E-state index contributed by atoms with van der Waals surface area (Å²) in [5.41, 5.74) is 1.27. The SMILES string of the molecule is COP(=O)(OC)OCC(CC(C)C)Nc1nc(SC(C)c2ccc(Cl)cn2)nc2[nH]c(=O)sc12. The molecule has 2 atom stereocenters. The summed E-state index contributed by atoms with van der Waals surface area (Å²) in [6.07, 6.45) is 2.28. The fourth-order valence-electron chi connectivity index (χ4n) is 3.12. The molecule has 10 nitrogen and oxygen atoms in total. The molecule has 0 amide bonds. The van der Waals surface area contributed by atoms with Crippen molar-refractivity contribution in [3.05, 3.63) is 38.7 Å². The number of phosphoric ester groups is 1. The molecule has 0 spiro atoms. The van der Waals surface area contributed by atoms with Gasteiger partial charge in [-0.05, 0) is 31.4 Å². The molecule has 0 bridgehead atoms. The summed E-state index contributed by atoms with van der Waals surface area (Å²) in [6, 6.07) is 3.36. The van der Waals surface area contributed by atoms with Crippen LogP contribution < -0.4 is 10.2 Å². The highest BCUT2D eigenvalue weighted by molar-refractivity contribution is 7.99. The lowest BCUT2D eigenvalue weighted by Gasteiger charge is -2.23. The third-order valence-corrected chi connectivity index (χ3v) is 8.14. The molecule has 0 aliphatic heterocycles. The minimum atomic E-state index is -3.64. The molecule has 3 aromatic rings. The van der Waals surface area contributed by atoms with Crippen molar-refractivity contribution >= 4 is 58.7 Å². The molecule has 3 aromatic heterocycles. The van der Waals surface area contributed by atoms with Crippen molar-refractivity contribution in [3.63, 3.8) is 0 Å². The van der Waals surface area contributed by atoms with Gasteiger partial charge in [-0.1, -0.05) is 48.5 Å². The Hall–Kier alpha value is -1.53. The topological polar surface area (TPSA) is 128 Å². The zero-order valence-corrected chi connectivity index (χ0v) is 22.7. The molecule has 3 heterocycles. The minimum Gasteiger partial charge on any atom is -0.364 e. The smallest absolute Gasteiger partial charge is 0.364 e. The molecule has 3 rings (SSSR count). The number of thioether (sulfide) groups is 1. The molecule has 14 heteroatoms. The van der Waals surface area contributed by atoms with Crippen molar-refractivity contribution < 1.29 is 18.1 Å². The molecule has 0 saturated carbocycles. The quantitative estimate of drug-likeness (QED) is 0.170. The first-order valence-electron chi connectivity index (χ1n) is 10.4. The van der Waals surface area contributed by atoms with E-state index in [0.29, 0.717) is 38.7 Å². The lowest BCUT2D eigenvalue weighted by atomic mass is 10.0. The molecule has 0 aromatic carbocycles. The maximum absolute atomic E-state index is 12.4. The van der Waals surface area contributed by atoms with Crippen molar-refractivity contribution in [2.75, 3.05) is 26.1 Å². The summed E-state index contributed by atoms with van der Waals surface area (Å²) in [5, 5.41) is 4.32. The second-order valence-corrected chi connectivity index (χ2v) is 12.4. The van der Waals surface area contributed by atoms with E-state index in [0.717, 1.165) is 17.0 Å². The Morgan fingerprint density at radius 2 is 1.97 bits per heavy atom. The van der Waals surface area contributed by atoms with Gasteiger partial charge in [0.25, 0.3) is 0 Å². The Morgan fingerprint density at radius 3 is 2.59 bits per heavy atom. The monoisotopic (exact) mass is 547 g/mol. The van der Waals surface area contributed by atoms with Crippen molar-refractivity contribution in [1.82, 2.24) is 19.9 Å². The van der Waals surface area contributed by atoms with Gasteiger partial charge in [0.15, 0.2) is 16.6 Å². The zero-order chi connectivity index (χ0) is 24.9. The number of hydrogen-bond acceptors (Lipinski definition) is 11. The number of hydrogen-bond donors (Lipinski definition) is 2. The van der Waals surface area contributed by atoms with Crippen LogP contribution in [0.5, 0.6) is 0 Å². The van der Waals surface area contributed by atoms with E-state index < -0.39 is 7.82 Å². The molecule has 0 radical (unpaired) electrons. The molecule has 0 aliphatic rings. The highest BCUT2D eigenvalue weighted by Gasteiger charge is 2.26. The summed E-state index contributed by atoms with van der Waals surface area (Å²) in [5.74, 6) is 0.795. The third kappa shape index (κ3) is 7.24. The lowest BCUT2D eigenvalue weighted by Crippen LogP contribution is -2.27. The summed E-state index contributed by atoms with van der Waals surface area (Å²) in [4.78, 5) is 28.2. The van der Waals surface area contributed by atoms with Crippen LogP contribution in [0.3, 0.4) is 0 Å². The average Bonchev–Trinajstić information content (AvgIpc) is 3.17. The van der Waals surface area contributed by atoms with E-state index in [2.05, 4.69) is 39.1 Å². The van der Waals surface area contributed by atoms with Gasteiger partial charge in [0.1, 0.15) is 4.70 Å². The predicted octanol–water partition coefficient (Wildman–Crippen LogP) is 5.53. The molecule has 186 valence electrons. The standard InChI is InChI=1S/C20H27ClN5O5PS2/c1-11(2)8-14(10-31-32(28,29-4)30-5)23-17-16-18(26-20(27)34-16)25-19(24-17)33-12(3)15-7-6-13(21)9-22-15/h6-7,9,11-12,14H,8,10H2,1-5H3,(H2,23,24,25,26,27). The van der Waals surface area contributed by atoms with Crippen molar-refractivity contribution in [2.45, 2.75) is 43.6 Å². The maximum Gasteiger partial charge on any atom is 0.474 e. The van der Waals surface area contributed by atoms with Gasteiger partial charge in [-0.2, -0.15) is 0 Å². The van der Waals surface area contributed by atoms with Crippen LogP contribution in [0, 0.1) is 5.92 Å². The van der Waals surface area contributed by atoms with Crippen LogP contribution in [-0.4, -0.2) is 46.8 Å². The van der Waals surface area contributed by atoms with Gasteiger partial charge >= 0.3 is 12.7 Å². The summed E-state index contributed by atoms with van der Waals surface area (Å²) in [7, 11) is -1.11. The first-order chi connectivity index (χ1) is 16.1. The number of nitrogens with one attached hydrogen (secondary N) is 2.